The first-order valence-electron chi connectivity index (χ1n) is 7.04. The molecule has 1 aliphatic rings. The van der Waals surface area contributed by atoms with E-state index in [0.29, 0.717) is 26.2 Å². The molecule has 116 valence electrons. The minimum Gasteiger partial charge on any atom is -0.378 e. The molecule has 0 atom stereocenters. The molecule has 0 spiro atoms. The third-order valence-corrected chi connectivity index (χ3v) is 3.42. The summed E-state index contributed by atoms with van der Waals surface area (Å²) in [4.78, 5) is 40.6. The third-order valence-electron chi connectivity index (χ3n) is 3.42. The Labute approximate surface area is 121 Å². The van der Waals surface area contributed by atoms with Gasteiger partial charge in [-0.2, -0.15) is 0 Å². The van der Waals surface area contributed by atoms with Crippen molar-refractivity contribution in [3.8, 4) is 0 Å². The molecule has 0 radical (unpaired) electrons. The highest BCUT2D eigenvalue weighted by Gasteiger charge is 2.24. The zero-order chi connectivity index (χ0) is 15.2. The number of nitrogens with one attached hydrogen (secondary N) is 2. The number of amides is 1. The van der Waals surface area contributed by atoms with Crippen LogP contribution in [0, 0.1) is 0 Å². The summed E-state index contributed by atoms with van der Waals surface area (Å²) >= 11 is 0. The maximum absolute atomic E-state index is 12.2. The number of nitrogens with zero attached hydrogens (tertiary/aromatic N) is 1. The molecular weight excluding hydrogens is 276 g/mol. The van der Waals surface area contributed by atoms with Crippen molar-refractivity contribution in [2.45, 2.75) is 25.4 Å². The van der Waals surface area contributed by atoms with Crippen molar-refractivity contribution < 1.29 is 9.53 Å². The number of hydrogen-bond donors (Lipinski definition) is 3. The summed E-state index contributed by atoms with van der Waals surface area (Å²) in [5.74, 6) is -0.335. The number of carbonyl (C=O) groups excluding carboxylic acids is 1. The SMILES string of the molecule is NCCCOC1CCN(C(=O)c2cc(=O)[nH]c(=O)[nH]2)CC1. The van der Waals surface area contributed by atoms with E-state index in [0.717, 1.165) is 25.3 Å². The zero-order valence-corrected chi connectivity index (χ0v) is 11.8. The Hall–Kier alpha value is -1.93. The molecule has 1 amide bonds. The van der Waals surface area contributed by atoms with Gasteiger partial charge in [0, 0.05) is 25.8 Å². The van der Waals surface area contributed by atoms with Crippen LogP contribution < -0.4 is 17.0 Å². The fraction of sp³-hybridized carbons (Fsp3) is 0.615. The van der Waals surface area contributed by atoms with Gasteiger partial charge in [-0.15, -0.1) is 0 Å². The molecule has 1 aromatic rings. The molecule has 0 aromatic carbocycles. The minimum atomic E-state index is -0.675. The van der Waals surface area contributed by atoms with Crippen LogP contribution in [0.15, 0.2) is 15.7 Å². The molecule has 0 unspecified atom stereocenters. The second-order valence-corrected chi connectivity index (χ2v) is 5.01. The number of aromatic amines is 2. The second-order valence-electron chi connectivity index (χ2n) is 5.01. The van der Waals surface area contributed by atoms with Crippen molar-refractivity contribution in [3.63, 3.8) is 0 Å². The summed E-state index contributed by atoms with van der Waals surface area (Å²) in [5, 5.41) is 0. The Kier molecular flexibility index (Phi) is 5.29. The number of aromatic nitrogens is 2. The van der Waals surface area contributed by atoms with E-state index >= 15 is 0 Å². The number of rotatable bonds is 5. The number of likely N-dealkylation sites (tertiary alicyclic amines) is 1. The topological polar surface area (TPSA) is 121 Å². The molecule has 21 heavy (non-hydrogen) atoms. The van der Waals surface area contributed by atoms with Gasteiger partial charge in [0.1, 0.15) is 5.69 Å². The van der Waals surface area contributed by atoms with Crippen LogP contribution in [0.4, 0.5) is 0 Å². The van der Waals surface area contributed by atoms with Gasteiger partial charge in [0.15, 0.2) is 0 Å². The zero-order valence-electron chi connectivity index (χ0n) is 11.8. The molecule has 0 bridgehead atoms. The van der Waals surface area contributed by atoms with Crippen molar-refractivity contribution >= 4 is 5.91 Å². The molecule has 1 fully saturated rings. The van der Waals surface area contributed by atoms with E-state index in [4.69, 9.17) is 10.5 Å². The fourth-order valence-corrected chi connectivity index (χ4v) is 2.31. The molecule has 0 aliphatic carbocycles. The van der Waals surface area contributed by atoms with Crippen LogP contribution in [0.2, 0.25) is 0 Å². The summed E-state index contributed by atoms with van der Waals surface area (Å²) in [5.41, 5.74) is 4.17. The quantitative estimate of drug-likeness (QED) is 0.604. The normalized spacial score (nSPS) is 16.1. The standard InChI is InChI=1S/C13H20N4O4/c14-4-1-7-21-9-2-5-17(6-3-9)12(19)10-8-11(18)16-13(20)15-10/h8-9H,1-7,14H2,(H2,15,16,18,20). The van der Waals surface area contributed by atoms with Gasteiger partial charge in [0.2, 0.25) is 0 Å². The Morgan fingerprint density at radius 1 is 1.33 bits per heavy atom. The predicted octanol–water partition coefficient (Wildman–Crippen LogP) is -0.967. The predicted molar refractivity (Wildman–Crippen MR) is 76.2 cm³/mol. The Morgan fingerprint density at radius 2 is 2.05 bits per heavy atom. The van der Waals surface area contributed by atoms with Crippen LogP contribution >= 0.6 is 0 Å². The van der Waals surface area contributed by atoms with E-state index in [1.807, 2.05) is 4.98 Å². The molecule has 4 N–H and O–H groups in total. The van der Waals surface area contributed by atoms with Crippen molar-refractivity contribution in [1.82, 2.24) is 14.9 Å². The molecule has 2 heterocycles. The van der Waals surface area contributed by atoms with Gasteiger partial charge in [-0.25, -0.2) is 4.79 Å². The van der Waals surface area contributed by atoms with E-state index in [-0.39, 0.29) is 17.7 Å². The Morgan fingerprint density at radius 3 is 2.67 bits per heavy atom. The molecule has 1 aromatic heterocycles. The van der Waals surface area contributed by atoms with Gasteiger partial charge < -0.3 is 20.4 Å². The maximum Gasteiger partial charge on any atom is 0.326 e. The molecule has 1 aliphatic heterocycles. The summed E-state index contributed by atoms with van der Waals surface area (Å²) in [6.07, 6.45) is 2.44. The molecule has 0 saturated carbocycles. The lowest BCUT2D eigenvalue weighted by Crippen LogP contribution is -2.42. The lowest BCUT2D eigenvalue weighted by molar-refractivity contribution is 0.00827. The van der Waals surface area contributed by atoms with E-state index in [9.17, 15) is 14.4 Å². The number of ether oxygens (including phenoxy) is 1. The number of nitrogens with two attached hydrogens (primary N) is 1. The van der Waals surface area contributed by atoms with Crippen molar-refractivity contribution in [2.24, 2.45) is 5.73 Å². The monoisotopic (exact) mass is 296 g/mol. The van der Waals surface area contributed by atoms with Gasteiger partial charge in [-0.1, -0.05) is 0 Å². The number of carbonyl (C=O) groups is 1. The van der Waals surface area contributed by atoms with Gasteiger partial charge in [0.25, 0.3) is 11.5 Å². The number of piperidine rings is 1. The summed E-state index contributed by atoms with van der Waals surface area (Å²) in [7, 11) is 0. The highest BCUT2D eigenvalue weighted by molar-refractivity contribution is 5.92. The maximum atomic E-state index is 12.2. The molecular formula is C13H20N4O4. The van der Waals surface area contributed by atoms with Crippen molar-refractivity contribution in [2.75, 3.05) is 26.2 Å². The number of hydrogen-bond acceptors (Lipinski definition) is 5. The lowest BCUT2D eigenvalue weighted by atomic mass is 10.1. The second kappa shape index (κ2) is 7.19. The van der Waals surface area contributed by atoms with E-state index < -0.39 is 11.2 Å². The van der Waals surface area contributed by atoms with Gasteiger partial charge in [-0.05, 0) is 25.8 Å². The van der Waals surface area contributed by atoms with E-state index in [1.54, 1.807) is 4.90 Å². The van der Waals surface area contributed by atoms with Crippen LogP contribution in [-0.2, 0) is 4.74 Å². The smallest absolute Gasteiger partial charge is 0.326 e. The van der Waals surface area contributed by atoms with Gasteiger partial charge in [0.05, 0.1) is 6.10 Å². The largest absolute Gasteiger partial charge is 0.378 e. The molecule has 8 nitrogen and oxygen atoms in total. The van der Waals surface area contributed by atoms with Crippen molar-refractivity contribution in [3.05, 3.63) is 32.6 Å². The van der Waals surface area contributed by atoms with Crippen molar-refractivity contribution in [1.29, 1.82) is 0 Å². The van der Waals surface area contributed by atoms with Crippen LogP contribution in [0.25, 0.3) is 0 Å². The fourth-order valence-electron chi connectivity index (χ4n) is 2.31. The van der Waals surface area contributed by atoms with E-state index in [1.165, 1.54) is 0 Å². The lowest BCUT2D eigenvalue weighted by Gasteiger charge is -2.31. The highest BCUT2D eigenvalue weighted by Crippen LogP contribution is 2.15. The first-order valence-corrected chi connectivity index (χ1v) is 7.04. The third kappa shape index (κ3) is 4.27. The van der Waals surface area contributed by atoms with Crippen LogP contribution in [0.3, 0.4) is 0 Å². The summed E-state index contributed by atoms with van der Waals surface area (Å²) < 4.78 is 5.66. The average Bonchev–Trinajstić information content (AvgIpc) is 2.46. The Balaban J connectivity index is 1.91. The van der Waals surface area contributed by atoms with E-state index in [2.05, 4.69) is 4.98 Å². The van der Waals surface area contributed by atoms with Crippen LogP contribution in [0.1, 0.15) is 29.8 Å². The first kappa shape index (κ1) is 15.5. The summed E-state index contributed by atoms with van der Waals surface area (Å²) in [6, 6.07) is 1.10. The average molecular weight is 296 g/mol. The molecule has 8 heteroatoms. The van der Waals surface area contributed by atoms with Crippen LogP contribution in [-0.4, -0.2) is 53.1 Å². The minimum absolute atomic E-state index is 0.0197. The molecule has 1 saturated heterocycles. The summed E-state index contributed by atoms with van der Waals surface area (Å²) in [6.45, 7) is 2.33. The Bertz CT molecular complexity index is 558. The molecule has 2 rings (SSSR count). The van der Waals surface area contributed by atoms with Gasteiger partial charge in [-0.3, -0.25) is 14.6 Å². The number of H-pyrrole nitrogens is 2. The highest BCUT2D eigenvalue weighted by atomic mass is 16.5. The van der Waals surface area contributed by atoms with Crippen LogP contribution in [0.5, 0.6) is 0 Å². The van der Waals surface area contributed by atoms with Gasteiger partial charge >= 0.3 is 5.69 Å². The first-order chi connectivity index (χ1) is 10.1.